The summed E-state index contributed by atoms with van der Waals surface area (Å²) in [4.78, 5) is 16.7. The van der Waals surface area contributed by atoms with E-state index in [1.165, 1.54) is 7.11 Å². The molecule has 0 saturated carbocycles. The SMILES string of the molecule is COc1ncc(-c2ccccc2)n(Cc2ccccc2)c1=O. The maximum absolute atomic E-state index is 12.6. The Hall–Kier alpha value is -2.88. The monoisotopic (exact) mass is 292 g/mol. The summed E-state index contributed by atoms with van der Waals surface area (Å²) in [5.74, 6) is 0.107. The van der Waals surface area contributed by atoms with Crippen molar-refractivity contribution in [2.45, 2.75) is 6.54 Å². The molecule has 0 aliphatic carbocycles. The first-order valence-electron chi connectivity index (χ1n) is 7.03. The van der Waals surface area contributed by atoms with Gasteiger partial charge in [-0.05, 0) is 11.1 Å². The normalized spacial score (nSPS) is 10.4. The summed E-state index contributed by atoms with van der Waals surface area (Å²) in [5, 5.41) is 0. The molecule has 0 radical (unpaired) electrons. The van der Waals surface area contributed by atoms with Crippen LogP contribution in [0.3, 0.4) is 0 Å². The average molecular weight is 292 g/mol. The standard InChI is InChI=1S/C18H16N2O2/c1-22-17-18(21)20(13-14-8-4-2-5-9-14)16(12-19-17)15-10-6-3-7-11-15/h2-12H,13H2,1H3. The predicted octanol–water partition coefficient (Wildman–Crippen LogP) is 2.97. The molecule has 110 valence electrons. The molecule has 4 heteroatoms. The highest BCUT2D eigenvalue weighted by Gasteiger charge is 2.12. The topological polar surface area (TPSA) is 44.1 Å². The second kappa shape index (κ2) is 6.26. The fourth-order valence-corrected chi connectivity index (χ4v) is 2.37. The molecule has 2 aromatic carbocycles. The van der Waals surface area contributed by atoms with Gasteiger partial charge in [0.25, 0.3) is 5.88 Å². The van der Waals surface area contributed by atoms with Gasteiger partial charge >= 0.3 is 5.56 Å². The second-order valence-corrected chi connectivity index (χ2v) is 4.90. The van der Waals surface area contributed by atoms with Crippen LogP contribution in [0.5, 0.6) is 5.88 Å². The fourth-order valence-electron chi connectivity index (χ4n) is 2.37. The van der Waals surface area contributed by atoms with Crippen LogP contribution in [0.4, 0.5) is 0 Å². The van der Waals surface area contributed by atoms with Gasteiger partial charge in [-0.3, -0.25) is 9.36 Å². The lowest BCUT2D eigenvalue weighted by Gasteiger charge is -2.14. The highest BCUT2D eigenvalue weighted by atomic mass is 16.5. The Labute approximate surface area is 128 Å². The molecule has 4 nitrogen and oxygen atoms in total. The van der Waals surface area contributed by atoms with Crippen LogP contribution in [-0.4, -0.2) is 16.7 Å². The van der Waals surface area contributed by atoms with Gasteiger partial charge in [-0.1, -0.05) is 60.7 Å². The Bertz CT molecular complexity index is 811. The third-order valence-corrected chi connectivity index (χ3v) is 3.47. The largest absolute Gasteiger partial charge is 0.477 e. The second-order valence-electron chi connectivity index (χ2n) is 4.90. The van der Waals surface area contributed by atoms with Crippen molar-refractivity contribution in [3.8, 4) is 17.1 Å². The lowest BCUT2D eigenvalue weighted by Crippen LogP contribution is -2.24. The van der Waals surface area contributed by atoms with Crippen molar-refractivity contribution in [1.82, 2.24) is 9.55 Å². The molecule has 0 atom stereocenters. The first-order valence-corrected chi connectivity index (χ1v) is 7.03. The fraction of sp³-hybridized carbons (Fsp3) is 0.111. The summed E-state index contributed by atoms with van der Waals surface area (Å²) in [6.45, 7) is 0.475. The van der Waals surface area contributed by atoms with Gasteiger partial charge in [-0.2, -0.15) is 0 Å². The maximum Gasteiger partial charge on any atom is 0.314 e. The van der Waals surface area contributed by atoms with E-state index in [0.717, 1.165) is 16.8 Å². The smallest absolute Gasteiger partial charge is 0.314 e. The number of methoxy groups -OCH3 is 1. The summed E-state index contributed by atoms with van der Waals surface area (Å²) >= 11 is 0. The molecule has 0 spiro atoms. The van der Waals surface area contributed by atoms with Gasteiger partial charge in [0.1, 0.15) is 0 Å². The van der Waals surface area contributed by atoms with E-state index in [-0.39, 0.29) is 11.4 Å². The van der Waals surface area contributed by atoms with E-state index in [2.05, 4.69) is 4.98 Å². The minimum atomic E-state index is -0.229. The Balaban J connectivity index is 2.14. The van der Waals surface area contributed by atoms with Crippen molar-refractivity contribution in [1.29, 1.82) is 0 Å². The van der Waals surface area contributed by atoms with Crippen molar-refractivity contribution in [3.63, 3.8) is 0 Å². The van der Waals surface area contributed by atoms with Crippen LogP contribution in [0.2, 0.25) is 0 Å². The van der Waals surface area contributed by atoms with E-state index < -0.39 is 0 Å². The quantitative estimate of drug-likeness (QED) is 0.742. The predicted molar refractivity (Wildman–Crippen MR) is 86.0 cm³/mol. The van der Waals surface area contributed by atoms with Gasteiger partial charge < -0.3 is 4.74 Å². The van der Waals surface area contributed by atoms with Gasteiger partial charge in [0, 0.05) is 0 Å². The summed E-state index contributed by atoms with van der Waals surface area (Å²) in [6.07, 6.45) is 1.68. The third kappa shape index (κ3) is 2.76. The number of benzene rings is 2. The van der Waals surface area contributed by atoms with Gasteiger partial charge in [0.2, 0.25) is 0 Å². The summed E-state index contributed by atoms with van der Waals surface area (Å²) in [7, 11) is 1.46. The van der Waals surface area contributed by atoms with E-state index in [0.29, 0.717) is 6.54 Å². The minimum Gasteiger partial charge on any atom is -0.477 e. The Kier molecular flexibility index (Phi) is 4.01. The molecule has 3 aromatic rings. The van der Waals surface area contributed by atoms with Crippen LogP contribution >= 0.6 is 0 Å². The molecular formula is C18H16N2O2. The highest BCUT2D eigenvalue weighted by molar-refractivity contribution is 5.58. The minimum absolute atomic E-state index is 0.107. The zero-order valence-corrected chi connectivity index (χ0v) is 12.3. The van der Waals surface area contributed by atoms with E-state index in [4.69, 9.17) is 4.74 Å². The molecule has 0 amide bonds. The molecule has 0 bridgehead atoms. The molecule has 1 aromatic heterocycles. The van der Waals surface area contributed by atoms with E-state index in [1.54, 1.807) is 10.8 Å². The molecule has 0 saturated heterocycles. The molecule has 3 rings (SSSR count). The van der Waals surface area contributed by atoms with Crippen molar-refractivity contribution in [3.05, 3.63) is 82.8 Å². The zero-order chi connectivity index (χ0) is 15.4. The first-order chi connectivity index (χ1) is 10.8. The zero-order valence-electron chi connectivity index (χ0n) is 12.3. The van der Waals surface area contributed by atoms with E-state index >= 15 is 0 Å². The van der Waals surface area contributed by atoms with Crippen LogP contribution in [-0.2, 0) is 6.54 Å². The molecule has 1 heterocycles. The van der Waals surface area contributed by atoms with Crippen LogP contribution in [0.1, 0.15) is 5.56 Å². The van der Waals surface area contributed by atoms with Crippen molar-refractivity contribution < 1.29 is 4.74 Å². The molecular weight excluding hydrogens is 276 g/mol. The number of nitrogens with zero attached hydrogens (tertiary/aromatic N) is 2. The average Bonchev–Trinajstić information content (AvgIpc) is 2.58. The number of aromatic nitrogens is 2. The van der Waals surface area contributed by atoms with Crippen LogP contribution in [0.25, 0.3) is 11.3 Å². The van der Waals surface area contributed by atoms with E-state index in [1.807, 2.05) is 60.7 Å². The van der Waals surface area contributed by atoms with Gasteiger partial charge in [0.05, 0.1) is 25.5 Å². The number of hydrogen-bond donors (Lipinski definition) is 0. The van der Waals surface area contributed by atoms with Gasteiger partial charge in [-0.25, -0.2) is 4.98 Å². The molecule has 0 aliphatic heterocycles. The molecule has 0 N–H and O–H groups in total. The van der Waals surface area contributed by atoms with Crippen LogP contribution in [0, 0.1) is 0 Å². The summed E-state index contributed by atoms with van der Waals surface area (Å²) < 4.78 is 6.76. The highest BCUT2D eigenvalue weighted by Crippen LogP contribution is 2.19. The van der Waals surface area contributed by atoms with E-state index in [9.17, 15) is 4.79 Å². The first kappa shape index (κ1) is 14.1. The lowest BCUT2D eigenvalue weighted by atomic mass is 10.1. The molecule has 0 fully saturated rings. The Morgan fingerprint density at radius 2 is 1.64 bits per heavy atom. The number of ether oxygens (including phenoxy) is 1. The van der Waals surface area contributed by atoms with Crippen molar-refractivity contribution in [2.24, 2.45) is 0 Å². The molecule has 0 aliphatic rings. The Morgan fingerprint density at radius 1 is 1.00 bits per heavy atom. The van der Waals surface area contributed by atoms with Crippen LogP contribution < -0.4 is 10.3 Å². The Morgan fingerprint density at radius 3 is 2.27 bits per heavy atom. The van der Waals surface area contributed by atoms with Crippen molar-refractivity contribution >= 4 is 0 Å². The lowest BCUT2D eigenvalue weighted by molar-refractivity contribution is 0.386. The molecule has 0 unspecified atom stereocenters. The molecule has 22 heavy (non-hydrogen) atoms. The number of hydrogen-bond acceptors (Lipinski definition) is 3. The summed E-state index contributed by atoms with van der Waals surface area (Å²) in [6, 6.07) is 19.6. The van der Waals surface area contributed by atoms with Gasteiger partial charge in [0.15, 0.2) is 0 Å². The maximum atomic E-state index is 12.6. The third-order valence-electron chi connectivity index (χ3n) is 3.47. The number of rotatable bonds is 4. The van der Waals surface area contributed by atoms with Crippen LogP contribution in [0.15, 0.2) is 71.7 Å². The summed E-state index contributed by atoms with van der Waals surface area (Å²) in [5.41, 5.74) is 2.55. The van der Waals surface area contributed by atoms with Crippen molar-refractivity contribution in [2.75, 3.05) is 7.11 Å². The van der Waals surface area contributed by atoms with Gasteiger partial charge in [-0.15, -0.1) is 0 Å².